The highest BCUT2D eigenvalue weighted by Gasteiger charge is 2.22. The van der Waals surface area contributed by atoms with Gasteiger partial charge in [-0.1, -0.05) is 0 Å². The highest BCUT2D eigenvalue weighted by atomic mass is 32.2. The van der Waals surface area contributed by atoms with E-state index in [1.54, 1.807) is 17.0 Å². The second-order valence-corrected chi connectivity index (χ2v) is 7.75. The fraction of sp³-hybridized carbons (Fsp3) is 0.278. The molecular weight excluding hydrogens is 359 g/mol. The number of halogens is 1. The van der Waals surface area contributed by atoms with E-state index in [4.69, 9.17) is 4.74 Å². The summed E-state index contributed by atoms with van der Waals surface area (Å²) in [4.78, 5) is 14.2. The Bertz CT molecular complexity index is 882. The minimum atomic E-state index is -3.82. The van der Waals surface area contributed by atoms with E-state index in [1.165, 1.54) is 24.3 Å². The molecule has 1 heterocycles. The van der Waals surface area contributed by atoms with Gasteiger partial charge in [0.25, 0.3) is 15.9 Å². The Balaban J connectivity index is 1.71. The van der Waals surface area contributed by atoms with E-state index >= 15 is 0 Å². The SMILES string of the molecule is CC1CN(C(=O)c2ccc(NS(=O)(=O)c3ccc(F)cc3)cc2)CCO1. The van der Waals surface area contributed by atoms with Gasteiger partial charge in [-0.15, -0.1) is 0 Å². The summed E-state index contributed by atoms with van der Waals surface area (Å²) in [5.74, 6) is -0.627. The van der Waals surface area contributed by atoms with Gasteiger partial charge < -0.3 is 9.64 Å². The van der Waals surface area contributed by atoms with Crippen molar-refractivity contribution in [2.75, 3.05) is 24.4 Å². The van der Waals surface area contributed by atoms with Crippen LogP contribution in [0.5, 0.6) is 0 Å². The van der Waals surface area contributed by atoms with Crippen LogP contribution in [0.25, 0.3) is 0 Å². The lowest BCUT2D eigenvalue weighted by atomic mass is 10.1. The molecule has 0 radical (unpaired) electrons. The van der Waals surface area contributed by atoms with Crippen molar-refractivity contribution in [2.45, 2.75) is 17.9 Å². The molecule has 0 bridgehead atoms. The molecule has 0 aromatic heterocycles. The molecule has 1 saturated heterocycles. The normalized spacial score (nSPS) is 17.8. The number of nitrogens with one attached hydrogen (secondary N) is 1. The monoisotopic (exact) mass is 378 g/mol. The zero-order chi connectivity index (χ0) is 18.7. The Morgan fingerprint density at radius 2 is 1.81 bits per heavy atom. The predicted molar refractivity (Wildman–Crippen MR) is 95.0 cm³/mol. The Hall–Kier alpha value is -2.45. The number of rotatable bonds is 4. The highest BCUT2D eigenvalue weighted by molar-refractivity contribution is 7.92. The molecule has 1 aliphatic heterocycles. The van der Waals surface area contributed by atoms with E-state index in [2.05, 4.69) is 4.72 Å². The van der Waals surface area contributed by atoms with Gasteiger partial charge in [0.1, 0.15) is 5.82 Å². The molecule has 2 aromatic rings. The lowest BCUT2D eigenvalue weighted by molar-refractivity contribution is -0.0124. The van der Waals surface area contributed by atoms with Gasteiger partial charge in [0.15, 0.2) is 0 Å². The molecule has 1 aliphatic rings. The Kier molecular flexibility index (Phi) is 5.24. The number of nitrogens with zero attached hydrogens (tertiary/aromatic N) is 1. The predicted octanol–water partition coefficient (Wildman–Crippen LogP) is 2.49. The van der Waals surface area contributed by atoms with Gasteiger partial charge >= 0.3 is 0 Å². The van der Waals surface area contributed by atoms with Crippen LogP contribution in [0.4, 0.5) is 10.1 Å². The quantitative estimate of drug-likeness (QED) is 0.887. The Labute approximate surface area is 151 Å². The number of carbonyl (C=O) groups excluding carboxylic acids is 1. The summed E-state index contributed by atoms with van der Waals surface area (Å²) in [6.45, 7) is 3.47. The standard InChI is InChI=1S/C18H19FN2O4S/c1-13-12-21(10-11-25-13)18(22)14-2-6-16(7-3-14)20-26(23,24)17-8-4-15(19)5-9-17/h2-9,13,20H,10-12H2,1H3. The maximum Gasteiger partial charge on any atom is 0.261 e. The van der Waals surface area contributed by atoms with Crippen LogP contribution in [-0.2, 0) is 14.8 Å². The maximum atomic E-state index is 12.9. The van der Waals surface area contributed by atoms with Crippen LogP contribution in [0.15, 0.2) is 53.4 Å². The third-order valence-electron chi connectivity index (χ3n) is 4.04. The number of morpholine rings is 1. The first-order chi connectivity index (χ1) is 12.3. The van der Waals surface area contributed by atoms with E-state index in [0.717, 1.165) is 12.1 Å². The zero-order valence-corrected chi connectivity index (χ0v) is 15.0. The van der Waals surface area contributed by atoms with Crippen LogP contribution >= 0.6 is 0 Å². The number of anilines is 1. The lowest BCUT2D eigenvalue weighted by Crippen LogP contribution is -2.44. The van der Waals surface area contributed by atoms with Gasteiger partial charge in [0.05, 0.1) is 17.6 Å². The molecule has 3 rings (SSSR count). The van der Waals surface area contributed by atoms with Crippen molar-refractivity contribution in [1.82, 2.24) is 4.90 Å². The molecule has 1 atom stereocenters. The van der Waals surface area contributed by atoms with Gasteiger partial charge in [0, 0.05) is 24.3 Å². The summed E-state index contributed by atoms with van der Waals surface area (Å²) >= 11 is 0. The van der Waals surface area contributed by atoms with E-state index in [1.807, 2.05) is 6.92 Å². The van der Waals surface area contributed by atoms with Crippen molar-refractivity contribution in [3.05, 3.63) is 59.9 Å². The molecule has 26 heavy (non-hydrogen) atoms. The summed E-state index contributed by atoms with van der Waals surface area (Å²) in [5.41, 5.74) is 0.796. The average Bonchev–Trinajstić information content (AvgIpc) is 2.62. The van der Waals surface area contributed by atoms with Crippen molar-refractivity contribution in [3.63, 3.8) is 0 Å². The number of carbonyl (C=O) groups is 1. The zero-order valence-electron chi connectivity index (χ0n) is 14.2. The number of benzene rings is 2. The minimum absolute atomic E-state index is 0.00510. The molecule has 1 amide bonds. The van der Waals surface area contributed by atoms with Crippen LogP contribution in [0.3, 0.4) is 0 Å². The number of hydrogen-bond donors (Lipinski definition) is 1. The van der Waals surface area contributed by atoms with Crippen molar-refractivity contribution in [1.29, 1.82) is 0 Å². The van der Waals surface area contributed by atoms with Crippen molar-refractivity contribution < 1.29 is 22.3 Å². The fourth-order valence-electron chi connectivity index (χ4n) is 2.69. The number of ether oxygens (including phenoxy) is 1. The van der Waals surface area contributed by atoms with Gasteiger partial charge in [-0.25, -0.2) is 12.8 Å². The van der Waals surface area contributed by atoms with Crippen LogP contribution in [0.2, 0.25) is 0 Å². The van der Waals surface area contributed by atoms with E-state index in [0.29, 0.717) is 30.9 Å². The highest BCUT2D eigenvalue weighted by Crippen LogP contribution is 2.18. The number of hydrogen-bond acceptors (Lipinski definition) is 4. The Morgan fingerprint density at radius 3 is 2.42 bits per heavy atom. The lowest BCUT2D eigenvalue weighted by Gasteiger charge is -2.31. The number of amides is 1. The van der Waals surface area contributed by atoms with E-state index in [-0.39, 0.29) is 16.9 Å². The first kappa shape index (κ1) is 18.3. The number of sulfonamides is 1. The average molecular weight is 378 g/mol. The third-order valence-corrected chi connectivity index (χ3v) is 5.43. The first-order valence-electron chi connectivity index (χ1n) is 8.14. The maximum absolute atomic E-state index is 12.9. The molecule has 1 unspecified atom stereocenters. The van der Waals surface area contributed by atoms with Gasteiger partial charge in [-0.05, 0) is 55.5 Å². The topological polar surface area (TPSA) is 75.7 Å². The summed E-state index contributed by atoms with van der Waals surface area (Å²) < 4.78 is 45.4. The minimum Gasteiger partial charge on any atom is -0.375 e. The smallest absolute Gasteiger partial charge is 0.261 e. The molecule has 6 nitrogen and oxygen atoms in total. The molecule has 0 saturated carbocycles. The van der Waals surface area contributed by atoms with Crippen LogP contribution < -0.4 is 4.72 Å². The second-order valence-electron chi connectivity index (χ2n) is 6.07. The summed E-state index contributed by atoms with van der Waals surface area (Å²) in [7, 11) is -3.82. The van der Waals surface area contributed by atoms with Crippen molar-refractivity contribution in [3.8, 4) is 0 Å². The summed E-state index contributed by atoms with van der Waals surface area (Å²) in [6, 6.07) is 10.7. The molecular formula is C18H19FN2O4S. The largest absolute Gasteiger partial charge is 0.375 e. The summed E-state index contributed by atoms with van der Waals surface area (Å²) in [5, 5.41) is 0. The van der Waals surface area contributed by atoms with Crippen molar-refractivity contribution in [2.24, 2.45) is 0 Å². The van der Waals surface area contributed by atoms with Crippen LogP contribution in [0, 0.1) is 5.82 Å². The molecule has 1 N–H and O–H groups in total. The molecule has 0 spiro atoms. The van der Waals surface area contributed by atoms with Gasteiger partial charge in [-0.2, -0.15) is 0 Å². The fourth-order valence-corrected chi connectivity index (χ4v) is 3.75. The van der Waals surface area contributed by atoms with Crippen molar-refractivity contribution >= 4 is 21.6 Å². The van der Waals surface area contributed by atoms with Crippen LogP contribution in [-0.4, -0.2) is 45.0 Å². The first-order valence-corrected chi connectivity index (χ1v) is 9.63. The Morgan fingerprint density at radius 1 is 1.15 bits per heavy atom. The molecule has 138 valence electrons. The van der Waals surface area contributed by atoms with Crippen LogP contribution in [0.1, 0.15) is 17.3 Å². The third kappa shape index (κ3) is 4.20. The van der Waals surface area contributed by atoms with Gasteiger partial charge in [-0.3, -0.25) is 9.52 Å². The van der Waals surface area contributed by atoms with E-state index in [9.17, 15) is 17.6 Å². The second kappa shape index (κ2) is 7.43. The molecule has 1 fully saturated rings. The summed E-state index contributed by atoms with van der Waals surface area (Å²) in [6.07, 6.45) is -0.00510. The molecule has 0 aliphatic carbocycles. The molecule has 8 heteroatoms. The van der Waals surface area contributed by atoms with Gasteiger partial charge in [0.2, 0.25) is 0 Å². The van der Waals surface area contributed by atoms with E-state index < -0.39 is 15.8 Å². The molecule has 2 aromatic carbocycles.